The zero-order chi connectivity index (χ0) is 13.2. The minimum Gasteiger partial charge on any atom is -0.293 e. The van der Waals surface area contributed by atoms with Gasteiger partial charge in [-0.25, -0.2) is 0 Å². The number of alkyl halides is 3. The van der Waals surface area contributed by atoms with Crippen molar-refractivity contribution in [1.29, 1.82) is 0 Å². The fraction of sp³-hybridized carbons (Fsp3) is 0.500. The SMILES string of the molecule is O=C(c1cnccc1C(F)(F)F)C1CCCCS1. The third-order valence-electron chi connectivity index (χ3n) is 2.86. The van der Waals surface area contributed by atoms with E-state index in [0.29, 0.717) is 6.42 Å². The normalized spacial score (nSPS) is 20.7. The van der Waals surface area contributed by atoms with Crippen LogP contribution < -0.4 is 0 Å². The molecule has 0 aliphatic carbocycles. The number of Topliss-reactive ketones (excluding diaryl/α,β-unsaturated/α-hetero) is 1. The van der Waals surface area contributed by atoms with Crippen molar-refractivity contribution in [2.75, 3.05) is 5.75 Å². The van der Waals surface area contributed by atoms with E-state index in [1.165, 1.54) is 11.8 Å². The van der Waals surface area contributed by atoms with Crippen LogP contribution in [0.3, 0.4) is 0 Å². The molecule has 0 N–H and O–H groups in total. The van der Waals surface area contributed by atoms with E-state index in [1.807, 2.05) is 0 Å². The van der Waals surface area contributed by atoms with Crippen molar-refractivity contribution in [2.45, 2.75) is 30.7 Å². The molecule has 1 fully saturated rings. The second-order valence-electron chi connectivity index (χ2n) is 4.14. The maximum atomic E-state index is 12.8. The predicted molar refractivity (Wildman–Crippen MR) is 63.7 cm³/mol. The van der Waals surface area contributed by atoms with E-state index in [0.717, 1.165) is 37.1 Å². The van der Waals surface area contributed by atoms with Crippen LogP contribution in [0.4, 0.5) is 13.2 Å². The molecule has 2 rings (SSSR count). The van der Waals surface area contributed by atoms with Gasteiger partial charge in [0.05, 0.1) is 10.8 Å². The molecule has 0 saturated carbocycles. The van der Waals surface area contributed by atoms with Gasteiger partial charge in [0.1, 0.15) is 0 Å². The summed E-state index contributed by atoms with van der Waals surface area (Å²) < 4.78 is 38.4. The molecule has 0 radical (unpaired) electrons. The third-order valence-corrected chi connectivity index (χ3v) is 4.24. The molecule has 1 saturated heterocycles. The molecule has 1 aliphatic heterocycles. The number of hydrogen-bond donors (Lipinski definition) is 0. The Morgan fingerprint density at radius 3 is 2.78 bits per heavy atom. The Morgan fingerprint density at radius 2 is 2.17 bits per heavy atom. The maximum absolute atomic E-state index is 12.8. The van der Waals surface area contributed by atoms with Crippen LogP contribution >= 0.6 is 11.8 Å². The molecule has 1 aliphatic rings. The van der Waals surface area contributed by atoms with E-state index in [4.69, 9.17) is 0 Å². The van der Waals surface area contributed by atoms with Crippen LogP contribution in [0.2, 0.25) is 0 Å². The van der Waals surface area contributed by atoms with E-state index >= 15 is 0 Å². The highest BCUT2D eigenvalue weighted by molar-refractivity contribution is 8.00. The summed E-state index contributed by atoms with van der Waals surface area (Å²) in [6.45, 7) is 0. The number of nitrogens with zero attached hydrogens (tertiary/aromatic N) is 1. The fourth-order valence-electron chi connectivity index (χ4n) is 1.96. The van der Waals surface area contributed by atoms with Crippen molar-refractivity contribution in [3.63, 3.8) is 0 Å². The zero-order valence-electron chi connectivity index (χ0n) is 9.54. The number of halogens is 3. The van der Waals surface area contributed by atoms with E-state index < -0.39 is 17.5 Å². The zero-order valence-corrected chi connectivity index (χ0v) is 10.4. The molecular weight excluding hydrogens is 263 g/mol. The van der Waals surface area contributed by atoms with Gasteiger partial charge in [-0.3, -0.25) is 9.78 Å². The number of carbonyl (C=O) groups is 1. The first-order chi connectivity index (χ1) is 8.50. The molecule has 0 amide bonds. The van der Waals surface area contributed by atoms with Gasteiger partial charge in [-0.1, -0.05) is 6.42 Å². The van der Waals surface area contributed by atoms with E-state index in [9.17, 15) is 18.0 Å². The van der Waals surface area contributed by atoms with Crippen molar-refractivity contribution < 1.29 is 18.0 Å². The Morgan fingerprint density at radius 1 is 1.39 bits per heavy atom. The fourth-order valence-corrected chi connectivity index (χ4v) is 3.23. The molecule has 0 aromatic carbocycles. The van der Waals surface area contributed by atoms with E-state index in [-0.39, 0.29) is 10.8 Å². The maximum Gasteiger partial charge on any atom is 0.417 e. The summed E-state index contributed by atoms with van der Waals surface area (Å²) in [4.78, 5) is 15.8. The van der Waals surface area contributed by atoms with Crippen molar-refractivity contribution in [2.24, 2.45) is 0 Å². The largest absolute Gasteiger partial charge is 0.417 e. The Hall–Kier alpha value is -1.04. The van der Waals surface area contributed by atoms with Gasteiger partial charge in [0.25, 0.3) is 0 Å². The molecular formula is C12H12F3NOS. The minimum atomic E-state index is -4.51. The van der Waals surface area contributed by atoms with Gasteiger partial charge >= 0.3 is 6.18 Å². The summed E-state index contributed by atoms with van der Waals surface area (Å²) in [6, 6.07) is 0.862. The van der Waals surface area contributed by atoms with E-state index in [1.54, 1.807) is 0 Å². The molecule has 0 bridgehead atoms. The Labute approximate surface area is 107 Å². The second-order valence-corrected chi connectivity index (χ2v) is 5.45. The van der Waals surface area contributed by atoms with Crippen molar-refractivity contribution >= 4 is 17.5 Å². The first kappa shape index (κ1) is 13.4. The van der Waals surface area contributed by atoms with Crippen LogP contribution in [-0.2, 0) is 6.18 Å². The molecule has 1 aromatic heterocycles. The topological polar surface area (TPSA) is 30.0 Å². The van der Waals surface area contributed by atoms with Crippen LogP contribution in [0.1, 0.15) is 35.2 Å². The van der Waals surface area contributed by atoms with Gasteiger partial charge in [-0.15, -0.1) is 0 Å². The molecule has 18 heavy (non-hydrogen) atoms. The summed E-state index contributed by atoms with van der Waals surface area (Å²) in [5.74, 6) is 0.387. The summed E-state index contributed by atoms with van der Waals surface area (Å²) in [5, 5.41) is -0.357. The highest BCUT2D eigenvalue weighted by Gasteiger charge is 2.37. The van der Waals surface area contributed by atoms with Crippen LogP contribution in [0, 0.1) is 0 Å². The molecule has 1 aromatic rings. The molecule has 2 heterocycles. The standard InChI is InChI=1S/C12H12F3NOS/c13-12(14,15)9-4-5-16-7-8(9)11(17)10-3-1-2-6-18-10/h4-5,7,10H,1-3,6H2. The number of ketones is 1. The first-order valence-corrected chi connectivity index (χ1v) is 6.72. The van der Waals surface area contributed by atoms with Crippen LogP contribution in [0.15, 0.2) is 18.5 Å². The third kappa shape index (κ3) is 2.85. The number of rotatable bonds is 2. The van der Waals surface area contributed by atoms with Crippen molar-refractivity contribution in [3.8, 4) is 0 Å². The highest BCUT2D eigenvalue weighted by atomic mass is 32.2. The summed E-state index contributed by atoms with van der Waals surface area (Å²) in [7, 11) is 0. The average molecular weight is 275 g/mol. The van der Waals surface area contributed by atoms with Crippen LogP contribution in [-0.4, -0.2) is 21.8 Å². The van der Waals surface area contributed by atoms with Crippen molar-refractivity contribution in [1.82, 2.24) is 4.98 Å². The Balaban J connectivity index is 2.30. The summed E-state index contributed by atoms with van der Waals surface area (Å²) in [5.41, 5.74) is -1.18. The lowest BCUT2D eigenvalue weighted by Gasteiger charge is -2.21. The van der Waals surface area contributed by atoms with Gasteiger partial charge in [0.2, 0.25) is 0 Å². The summed E-state index contributed by atoms with van der Waals surface area (Å²) in [6.07, 6.45) is 0.148. The quantitative estimate of drug-likeness (QED) is 0.773. The smallest absolute Gasteiger partial charge is 0.293 e. The molecule has 1 unspecified atom stereocenters. The first-order valence-electron chi connectivity index (χ1n) is 5.67. The molecule has 6 heteroatoms. The minimum absolute atomic E-state index is 0.301. The lowest BCUT2D eigenvalue weighted by atomic mass is 10.0. The highest BCUT2D eigenvalue weighted by Crippen LogP contribution is 2.34. The van der Waals surface area contributed by atoms with Gasteiger partial charge < -0.3 is 0 Å². The lowest BCUT2D eigenvalue weighted by molar-refractivity contribution is -0.138. The van der Waals surface area contributed by atoms with Gasteiger partial charge in [0.15, 0.2) is 5.78 Å². The van der Waals surface area contributed by atoms with Gasteiger partial charge in [-0.2, -0.15) is 24.9 Å². The number of pyridine rings is 1. The van der Waals surface area contributed by atoms with Crippen LogP contribution in [0.25, 0.3) is 0 Å². The number of aromatic nitrogens is 1. The Kier molecular flexibility index (Phi) is 3.94. The number of carbonyl (C=O) groups excluding carboxylic acids is 1. The molecule has 1 atom stereocenters. The van der Waals surface area contributed by atoms with Crippen LogP contribution in [0.5, 0.6) is 0 Å². The van der Waals surface area contributed by atoms with Gasteiger partial charge in [0, 0.05) is 18.0 Å². The lowest BCUT2D eigenvalue weighted by Crippen LogP contribution is -2.24. The molecule has 98 valence electrons. The predicted octanol–water partition coefficient (Wildman–Crippen LogP) is 3.57. The number of hydrogen-bond acceptors (Lipinski definition) is 3. The monoisotopic (exact) mass is 275 g/mol. The molecule has 0 spiro atoms. The molecule has 2 nitrogen and oxygen atoms in total. The second kappa shape index (κ2) is 5.30. The average Bonchev–Trinajstić information content (AvgIpc) is 2.38. The number of thioether (sulfide) groups is 1. The van der Waals surface area contributed by atoms with E-state index in [2.05, 4.69) is 4.98 Å². The van der Waals surface area contributed by atoms with Gasteiger partial charge in [-0.05, 0) is 24.7 Å². The van der Waals surface area contributed by atoms with Crippen molar-refractivity contribution in [3.05, 3.63) is 29.6 Å². The Bertz CT molecular complexity index is 441. The summed E-state index contributed by atoms with van der Waals surface area (Å²) >= 11 is 1.44.